The fourth-order valence-corrected chi connectivity index (χ4v) is 2.38. The van der Waals surface area contributed by atoms with E-state index < -0.39 is 0 Å². The molecular weight excluding hydrogens is 236 g/mol. The number of hydrazine groups is 1. The Labute approximate surface area is 114 Å². The van der Waals surface area contributed by atoms with Crippen molar-refractivity contribution < 1.29 is 0 Å². The molecule has 1 aromatic heterocycles. The van der Waals surface area contributed by atoms with Crippen LogP contribution in [0.4, 0.5) is 5.82 Å². The van der Waals surface area contributed by atoms with Crippen LogP contribution in [0, 0.1) is 5.92 Å². The molecule has 0 saturated heterocycles. The maximum absolute atomic E-state index is 5.59. The summed E-state index contributed by atoms with van der Waals surface area (Å²) in [5.74, 6) is 6.99. The lowest BCUT2D eigenvalue weighted by atomic mass is 10.1. The van der Waals surface area contributed by atoms with E-state index in [1.807, 2.05) is 18.2 Å². The number of fused-ring (bicyclic) bond motifs is 1. The van der Waals surface area contributed by atoms with Gasteiger partial charge in [0, 0.05) is 24.0 Å². The number of hydrogen-bond acceptors (Lipinski definition) is 4. The molecule has 0 bridgehead atoms. The average molecular weight is 258 g/mol. The third kappa shape index (κ3) is 3.43. The van der Waals surface area contributed by atoms with Gasteiger partial charge in [-0.3, -0.25) is 0 Å². The molecule has 4 heteroatoms. The van der Waals surface area contributed by atoms with E-state index in [-0.39, 0.29) is 0 Å². The van der Waals surface area contributed by atoms with Gasteiger partial charge in [0.1, 0.15) is 5.82 Å². The zero-order chi connectivity index (χ0) is 13.8. The van der Waals surface area contributed by atoms with Gasteiger partial charge < -0.3 is 10.3 Å². The van der Waals surface area contributed by atoms with Gasteiger partial charge >= 0.3 is 0 Å². The van der Waals surface area contributed by atoms with Gasteiger partial charge in [0.15, 0.2) is 0 Å². The first kappa shape index (κ1) is 13.8. The average Bonchev–Trinajstić information content (AvgIpc) is 2.36. The van der Waals surface area contributed by atoms with Crippen LogP contribution in [0.15, 0.2) is 30.3 Å². The molecule has 0 fully saturated rings. The number of rotatable bonds is 5. The van der Waals surface area contributed by atoms with Crippen molar-refractivity contribution in [1.29, 1.82) is 0 Å². The molecule has 19 heavy (non-hydrogen) atoms. The van der Waals surface area contributed by atoms with E-state index in [9.17, 15) is 0 Å². The van der Waals surface area contributed by atoms with Gasteiger partial charge in [0.25, 0.3) is 0 Å². The molecule has 0 aliphatic carbocycles. The number of pyridine rings is 1. The fourth-order valence-electron chi connectivity index (χ4n) is 2.38. The molecule has 0 spiro atoms. The lowest BCUT2D eigenvalue weighted by Crippen LogP contribution is -2.24. The maximum atomic E-state index is 5.59. The van der Waals surface area contributed by atoms with Crippen LogP contribution in [-0.2, 0) is 6.54 Å². The van der Waals surface area contributed by atoms with E-state index in [1.54, 1.807) is 0 Å². The molecule has 1 heterocycles. The molecular formula is C15H22N4. The Balaban J connectivity index is 2.30. The van der Waals surface area contributed by atoms with Crippen LogP contribution >= 0.6 is 0 Å². The van der Waals surface area contributed by atoms with E-state index in [1.165, 1.54) is 0 Å². The van der Waals surface area contributed by atoms with Gasteiger partial charge in [0.05, 0.1) is 5.52 Å². The minimum Gasteiger partial charge on any atom is -0.308 e. The minimum absolute atomic E-state index is 0.646. The SMILES string of the molecule is CC(C)CN(C)Cc1cc2ccccc2nc1NN. The normalized spacial score (nSPS) is 11.5. The van der Waals surface area contributed by atoms with Crippen LogP contribution in [0.5, 0.6) is 0 Å². The van der Waals surface area contributed by atoms with Crippen LogP contribution in [0.25, 0.3) is 10.9 Å². The fraction of sp³-hybridized carbons (Fsp3) is 0.400. The molecule has 0 aliphatic heterocycles. The smallest absolute Gasteiger partial charge is 0.145 e. The summed E-state index contributed by atoms with van der Waals surface area (Å²) in [4.78, 5) is 6.85. The summed E-state index contributed by atoms with van der Waals surface area (Å²) < 4.78 is 0. The number of para-hydroxylation sites is 1. The summed E-state index contributed by atoms with van der Waals surface area (Å²) in [7, 11) is 2.12. The van der Waals surface area contributed by atoms with Crippen LogP contribution in [-0.4, -0.2) is 23.5 Å². The third-order valence-corrected chi connectivity index (χ3v) is 3.06. The number of benzene rings is 1. The Morgan fingerprint density at radius 2 is 2.05 bits per heavy atom. The molecule has 0 amide bonds. The van der Waals surface area contributed by atoms with Crippen molar-refractivity contribution in [1.82, 2.24) is 9.88 Å². The lowest BCUT2D eigenvalue weighted by molar-refractivity contribution is 0.288. The largest absolute Gasteiger partial charge is 0.308 e. The Bertz CT molecular complexity index is 551. The van der Waals surface area contributed by atoms with Gasteiger partial charge in [0.2, 0.25) is 0 Å². The molecule has 4 nitrogen and oxygen atoms in total. The van der Waals surface area contributed by atoms with E-state index in [4.69, 9.17) is 5.84 Å². The number of aromatic nitrogens is 1. The number of nitrogens with one attached hydrogen (secondary N) is 1. The van der Waals surface area contributed by atoms with Crippen molar-refractivity contribution in [3.8, 4) is 0 Å². The topological polar surface area (TPSA) is 54.2 Å². The summed E-state index contributed by atoms with van der Waals surface area (Å²) in [6, 6.07) is 10.3. The van der Waals surface area contributed by atoms with Crippen molar-refractivity contribution in [3.05, 3.63) is 35.9 Å². The zero-order valence-corrected chi connectivity index (χ0v) is 11.9. The van der Waals surface area contributed by atoms with Crippen LogP contribution in [0.3, 0.4) is 0 Å². The van der Waals surface area contributed by atoms with E-state index in [2.05, 4.69) is 48.3 Å². The molecule has 2 aromatic rings. The van der Waals surface area contributed by atoms with Crippen molar-refractivity contribution in [2.75, 3.05) is 19.0 Å². The van der Waals surface area contributed by atoms with Crippen molar-refractivity contribution in [2.45, 2.75) is 20.4 Å². The monoisotopic (exact) mass is 258 g/mol. The highest BCUT2D eigenvalue weighted by Gasteiger charge is 2.09. The number of nitrogen functional groups attached to an aromatic ring is 1. The standard InChI is InChI=1S/C15H22N4/c1-11(2)9-19(3)10-13-8-12-6-4-5-7-14(12)17-15(13)18-16/h4-8,11H,9-10,16H2,1-3H3,(H,17,18). The van der Waals surface area contributed by atoms with Crippen LogP contribution < -0.4 is 11.3 Å². The number of nitrogens with two attached hydrogens (primary N) is 1. The molecule has 2 rings (SSSR count). The Morgan fingerprint density at radius 3 is 2.74 bits per heavy atom. The second kappa shape index (κ2) is 5.99. The Hall–Kier alpha value is -1.65. The van der Waals surface area contributed by atoms with Crippen molar-refractivity contribution in [2.24, 2.45) is 11.8 Å². The minimum atomic E-state index is 0.646. The van der Waals surface area contributed by atoms with Gasteiger partial charge in [-0.2, -0.15) is 0 Å². The quantitative estimate of drug-likeness (QED) is 0.639. The molecule has 3 N–H and O–H groups in total. The third-order valence-electron chi connectivity index (χ3n) is 3.06. The summed E-state index contributed by atoms with van der Waals surface area (Å²) in [5, 5.41) is 1.15. The molecule has 102 valence electrons. The predicted molar refractivity (Wildman–Crippen MR) is 80.7 cm³/mol. The zero-order valence-electron chi connectivity index (χ0n) is 11.9. The highest BCUT2D eigenvalue weighted by atomic mass is 15.3. The summed E-state index contributed by atoms with van der Waals surface area (Å²) in [6.45, 7) is 6.33. The first-order valence-electron chi connectivity index (χ1n) is 6.64. The summed E-state index contributed by atoms with van der Waals surface area (Å²) in [5.41, 5.74) is 4.80. The Morgan fingerprint density at radius 1 is 1.32 bits per heavy atom. The second-order valence-electron chi connectivity index (χ2n) is 5.42. The molecule has 0 saturated carbocycles. The van der Waals surface area contributed by atoms with Gasteiger partial charge in [-0.05, 0) is 25.1 Å². The van der Waals surface area contributed by atoms with E-state index >= 15 is 0 Å². The number of nitrogens with zero attached hydrogens (tertiary/aromatic N) is 2. The predicted octanol–water partition coefficient (Wildman–Crippen LogP) is 2.61. The van der Waals surface area contributed by atoms with Crippen molar-refractivity contribution >= 4 is 16.7 Å². The molecule has 0 aliphatic rings. The Kier molecular flexibility index (Phi) is 4.35. The van der Waals surface area contributed by atoms with Crippen molar-refractivity contribution in [3.63, 3.8) is 0 Å². The molecule has 0 radical (unpaired) electrons. The van der Waals surface area contributed by atoms with Gasteiger partial charge in [-0.15, -0.1) is 0 Å². The summed E-state index contributed by atoms with van der Waals surface area (Å²) in [6.07, 6.45) is 0. The van der Waals surface area contributed by atoms with Gasteiger partial charge in [-0.1, -0.05) is 32.0 Å². The lowest BCUT2D eigenvalue weighted by Gasteiger charge is -2.20. The first-order valence-corrected chi connectivity index (χ1v) is 6.64. The summed E-state index contributed by atoms with van der Waals surface area (Å²) >= 11 is 0. The number of anilines is 1. The maximum Gasteiger partial charge on any atom is 0.145 e. The highest BCUT2D eigenvalue weighted by molar-refractivity contribution is 5.81. The molecule has 0 atom stereocenters. The van der Waals surface area contributed by atoms with E-state index in [0.29, 0.717) is 5.92 Å². The van der Waals surface area contributed by atoms with E-state index in [0.717, 1.165) is 35.4 Å². The van der Waals surface area contributed by atoms with Crippen LogP contribution in [0.2, 0.25) is 0 Å². The van der Waals surface area contributed by atoms with Gasteiger partial charge in [-0.25, -0.2) is 10.8 Å². The number of hydrogen-bond donors (Lipinski definition) is 2. The second-order valence-corrected chi connectivity index (χ2v) is 5.42. The molecule has 1 aromatic carbocycles. The molecule has 0 unspecified atom stereocenters. The highest BCUT2D eigenvalue weighted by Crippen LogP contribution is 2.21. The first-order chi connectivity index (χ1) is 9.10. The van der Waals surface area contributed by atoms with Crippen LogP contribution in [0.1, 0.15) is 19.4 Å².